The van der Waals surface area contributed by atoms with Gasteiger partial charge in [-0.25, -0.2) is 4.39 Å². The van der Waals surface area contributed by atoms with Crippen LogP contribution in [-0.2, 0) is 0 Å². The lowest BCUT2D eigenvalue weighted by atomic mass is 9.92. The van der Waals surface area contributed by atoms with Crippen molar-refractivity contribution in [3.8, 4) is 0 Å². The first-order valence-electron chi connectivity index (χ1n) is 5.19. The minimum absolute atomic E-state index is 0.221. The number of rotatable bonds is 3. The molecule has 0 aliphatic rings. The third kappa shape index (κ3) is 2.50. The Bertz CT molecular complexity index is 352. The predicted molar refractivity (Wildman–Crippen MR) is 62.5 cm³/mol. The molecule has 2 N–H and O–H groups in total. The Morgan fingerprint density at radius 1 is 1.47 bits per heavy atom. The fourth-order valence-corrected chi connectivity index (χ4v) is 1.79. The van der Waals surface area contributed by atoms with E-state index in [9.17, 15) is 4.39 Å². The topological polar surface area (TPSA) is 26.0 Å². The zero-order valence-electron chi connectivity index (χ0n) is 9.35. The van der Waals surface area contributed by atoms with Gasteiger partial charge in [0.05, 0.1) is 0 Å². The third-order valence-corrected chi connectivity index (χ3v) is 3.24. The minimum atomic E-state index is -0.331. The number of nitrogens with two attached hydrogens (primary N) is 1. The highest BCUT2D eigenvalue weighted by molar-refractivity contribution is 6.31. The molecule has 0 amide bonds. The van der Waals surface area contributed by atoms with Crippen LogP contribution >= 0.6 is 11.6 Å². The maximum absolute atomic E-state index is 13.8. The fraction of sp³-hybridized carbons (Fsp3) is 0.500. The van der Waals surface area contributed by atoms with Crippen LogP contribution in [0.1, 0.15) is 37.4 Å². The van der Waals surface area contributed by atoms with Crippen molar-refractivity contribution in [2.45, 2.75) is 33.2 Å². The van der Waals surface area contributed by atoms with E-state index in [4.69, 9.17) is 17.3 Å². The van der Waals surface area contributed by atoms with Crippen LogP contribution in [0.3, 0.4) is 0 Å². The monoisotopic (exact) mass is 229 g/mol. The van der Waals surface area contributed by atoms with Crippen molar-refractivity contribution >= 4 is 11.6 Å². The van der Waals surface area contributed by atoms with Gasteiger partial charge in [-0.1, -0.05) is 37.9 Å². The first-order chi connectivity index (χ1) is 6.99. The first kappa shape index (κ1) is 12.5. The van der Waals surface area contributed by atoms with E-state index in [1.54, 1.807) is 19.1 Å². The van der Waals surface area contributed by atoms with Gasteiger partial charge in [0.2, 0.25) is 0 Å². The van der Waals surface area contributed by atoms with Gasteiger partial charge in [-0.15, -0.1) is 0 Å². The molecular formula is C12H17ClFN. The van der Waals surface area contributed by atoms with Crippen molar-refractivity contribution in [1.29, 1.82) is 0 Å². The highest BCUT2D eigenvalue weighted by Gasteiger charge is 2.21. The summed E-state index contributed by atoms with van der Waals surface area (Å²) in [6.45, 7) is 5.76. The maximum atomic E-state index is 13.8. The molecule has 0 aliphatic carbocycles. The SMILES string of the molecule is CCC(C)[C@H](N)c1c(Cl)ccc(C)c1F. The van der Waals surface area contributed by atoms with Crippen LogP contribution in [0.2, 0.25) is 5.02 Å². The minimum Gasteiger partial charge on any atom is -0.324 e. The second-order valence-electron chi connectivity index (χ2n) is 4.00. The summed E-state index contributed by atoms with van der Waals surface area (Å²) < 4.78 is 13.8. The first-order valence-corrected chi connectivity index (χ1v) is 5.56. The van der Waals surface area contributed by atoms with Gasteiger partial charge >= 0.3 is 0 Å². The molecule has 2 atom stereocenters. The molecule has 0 spiro atoms. The molecule has 15 heavy (non-hydrogen) atoms. The second-order valence-corrected chi connectivity index (χ2v) is 4.41. The molecule has 1 rings (SSSR count). The van der Waals surface area contributed by atoms with E-state index in [0.717, 1.165) is 6.42 Å². The van der Waals surface area contributed by atoms with Gasteiger partial charge in [0, 0.05) is 16.6 Å². The van der Waals surface area contributed by atoms with Crippen molar-refractivity contribution in [1.82, 2.24) is 0 Å². The van der Waals surface area contributed by atoms with E-state index in [2.05, 4.69) is 0 Å². The van der Waals surface area contributed by atoms with Crippen molar-refractivity contribution < 1.29 is 4.39 Å². The summed E-state index contributed by atoms with van der Waals surface area (Å²) >= 11 is 5.98. The normalized spacial score (nSPS) is 15.1. The van der Waals surface area contributed by atoms with Gasteiger partial charge in [-0.05, 0) is 24.5 Å². The zero-order valence-corrected chi connectivity index (χ0v) is 10.1. The van der Waals surface area contributed by atoms with E-state index in [-0.39, 0.29) is 17.8 Å². The van der Waals surface area contributed by atoms with Gasteiger partial charge in [-0.2, -0.15) is 0 Å². The van der Waals surface area contributed by atoms with E-state index in [0.29, 0.717) is 16.1 Å². The van der Waals surface area contributed by atoms with Crippen LogP contribution < -0.4 is 5.73 Å². The van der Waals surface area contributed by atoms with Crippen LogP contribution in [0.4, 0.5) is 4.39 Å². The highest BCUT2D eigenvalue weighted by atomic mass is 35.5. The lowest BCUT2D eigenvalue weighted by Crippen LogP contribution is -2.20. The molecule has 1 unspecified atom stereocenters. The zero-order chi connectivity index (χ0) is 11.6. The average molecular weight is 230 g/mol. The quantitative estimate of drug-likeness (QED) is 0.838. The predicted octanol–water partition coefficient (Wildman–Crippen LogP) is 3.83. The molecular weight excluding hydrogens is 213 g/mol. The van der Waals surface area contributed by atoms with Gasteiger partial charge in [0.15, 0.2) is 0 Å². The van der Waals surface area contributed by atoms with Gasteiger partial charge in [-0.3, -0.25) is 0 Å². The Morgan fingerprint density at radius 3 is 2.60 bits per heavy atom. The molecule has 0 saturated carbocycles. The average Bonchev–Trinajstić information content (AvgIpc) is 2.22. The summed E-state index contributed by atoms with van der Waals surface area (Å²) in [6.07, 6.45) is 0.908. The Labute approximate surface area is 95.4 Å². The smallest absolute Gasteiger partial charge is 0.132 e. The van der Waals surface area contributed by atoms with E-state index in [1.165, 1.54) is 0 Å². The Balaban J connectivity index is 3.18. The Morgan fingerprint density at radius 2 is 2.07 bits per heavy atom. The van der Waals surface area contributed by atoms with E-state index in [1.807, 2.05) is 13.8 Å². The van der Waals surface area contributed by atoms with Crippen LogP contribution in [-0.4, -0.2) is 0 Å². The molecule has 0 aliphatic heterocycles. The standard InChI is InChI=1S/C12H17ClFN/c1-4-7(2)12(15)10-9(13)6-5-8(3)11(10)14/h5-7,12H,4,15H2,1-3H3/t7?,12-/m0/s1. The second kappa shape index (κ2) is 4.95. The molecule has 3 heteroatoms. The molecule has 0 fully saturated rings. The maximum Gasteiger partial charge on any atom is 0.132 e. The lowest BCUT2D eigenvalue weighted by molar-refractivity contribution is 0.438. The van der Waals surface area contributed by atoms with Gasteiger partial charge in [0.25, 0.3) is 0 Å². The molecule has 1 aromatic rings. The molecule has 1 aromatic carbocycles. The molecule has 84 valence electrons. The summed E-state index contributed by atoms with van der Waals surface area (Å²) in [5.41, 5.74) is 7.04. The van der Waals surface area contributed by atoms with Gasteiger partial charge < -0.3 is 5.73 Å². The molecule has 1 nitrogen and oxygen atoms in total. The van der Waals surface area contributed by atoms with Crippen molar-refractivity contribution in [2.24, 2.45) is 11.7 Å². The van der Waals surface area contributed by atoms with Gasteiger partial charge in [0.1, 0.15) is 5.82 Å². The van der Waals surface area contributed by atoms with Crippen molar-refractivity contribution in [3.63, 3.8) is 0 Å². The van der Waals surface area contributed by atoms with E-state index >= 15 is 0 Å². The summed E-state index contributed by atoms with van der Waals surface area (Å²) in [4.78, 5) is 0. The molecule has 0 saturated heterocycles. The van der Waals surface area contributed by atoms with E-state index < -0.39 is 0 Å². The van der Waals surface area contributed by atoms with Crippen LogP contribution in [0.5, 0.6) is 0 Å². The fourth-order valence-electron chi connectivity index (χ4n) is 1.52. The number of hydrogen-bond donors (Lipinski definition) is 1. The third-order valence-electron chi connectivity index (χ3n) is 2.91. The summed E-state index contributed by atoms with van der Waals surface area (Å²) in [5, 5.41) is 0.422. The van der Waals surface area contributed by atoms with Crippen molar-refractivity contribution in [3.05, 3.63) is 34.1 Å². The Kier molecular flexibility index (Phi) is 4.12. The largest absolute Gasteiger partial charge is 0.324 e. The lowest BCUT2D eigenvalue weighted by Gasteiger charge is -2.21. The Hall–Kier alpha value is -0.600. The number of benzene rings is 1. The van der Waals surface area contributed by atoms with Crippen LogP contribution in [0, 0.1) is 18.7 Å². The molecule has 0 bridgehead atoms. The highest BCUT2D eigenvalue weighted by Crippen LogP contribution is 2.31. The van der Waals surface area contributed by atoms with Crippen molar-refractivity contribution in [2.75, 3.05) is 0 Å². The molecule has 0 aromatic heterocycles. The summed E-state index contributed by atoms with van der Waals surface area (Å²) in [7, 11) is 0. The number of hydrogen-bond acceptors (Lipinski definition) is 1. The summed E-state index contributed by atoms with van der Waals surface area (Å²) in [5.74, 6) is -0.0471. The summed E-state index contributed by atoms with van der Waals surface area (Å²) in [6, 6.07) is 3.05. The number of aryl methyl sites for hydroxylation is 1. The van der Waals surface area contributed by atoms with Crippen LogP contribution in [0.25, 0.3) is 0 Å². The number of halogens is 2. The van der Waals surface area contributed by atoms with Crippen LogP contribution in [0.15, 0.2) is 12.1 Å². The molecule has 0 radical (unpaired) electrons. The molecule has 0 heterocycles.